The maximum atomic E-state index is 12.9. The first-order valence-electron chi connectivity index (χ1n) is 15.4. The Bertz CT molecular complexity index is 2760. The summed E-state index contributed by atoms with van der Waals surface area (Å²) in [6.45, 7) is -1.49. The number of benzene rings is 4. The van der Waals surface area contributed by atoms with Crippen molar-refractivity contribution in [2.45, 2.75) is 19.6 Å². The van der Waals surface area contributed by atoms with Gasteiger partial charge in [-0.3, -0.25) is 18.4 Å². The molecule has 0 amide bonds. The molecule has 4 aromatic rings. The Morgan fingerprint density at radius 1 is 0.688 bits per heavy atom. The van der Waals surface area contributed by atoms with E-state index in [4.69, 9.17) is 19.4 Å². The smallest absolute Gasteiger partial charge is 0.744 e. The number of rotatable bonds is 22. The Labute approximate surface area is 461 Å². The fraction of sp³-hybridized carbons (Fsp3) is 0.214. The molecule has 0 heterocycles. The van der Waals surface area contributed by atoms with Crippen molar-refractivity contribution in [1.82, 2.24) is 0 Å². The number of hydrogen-bond donors (Lipinski definition) is 2. The second-order valence-corrected chi connectivity index (χ2v) is 18.8. The molecule has 3 N–H and O–H groups in total. The fourth-order valence-corrected chi connectivity index (χ4v) is 8.87. The van der Waals surface area contributed by atoms with E-state index in [1.165, 1.54) is 13.2 Å². The van der Waals surface area contributed by atoms with E-state index in [0.29, 0.717) is 6.07 Å². The third-order valence-corrected chi connectivity index (χ3v) is 13.0. The van der Waals surface area contributed by atoms with Crippen molar-refractivity contribution >= 4 is 104 Å². The minimum atomic E-state index is -5.49. The number of fused-ring (bicyclic) bond motifs is 1. The summed E-state index contributed by atoms with van der Waals surface area (Å²) < 4.78 is 149. The second-order valence-electron chi connectivity index (χ2n) is 10.9. The standard InChI is InChI=1S/C28H29N5O21S6.4Na/c1-47-20-5-3-16(57(37,38)9-7-49-56-54-52-36)13-18(20)30-32-26-22(55-53-51-35)11-15-12-23(59(41,42)43)27(25(29)24(15)28(26)34)33-31-19-14-17(4-6-21(19)48-2)58(39,40)10-8-50-60(44,45)46;;;;/h3-6,11-14,34-36H,7-10,29H2,1-2H3,(H,41,42,43)(H,44,45,46);;;;/q;4*+1/p-4. The number of hydrogen-bond acceptors (Lipinski definition) is 28. The Balaban J connectivity index is 0.00000992. The second kappa shape index (κ2) is 28.3. The number of nitrogens with two attached hydrogens (primary N) is 1. The molecule has 0 unspecified atom stereocenters. The molecule has 0 fully saturated rings. The molecule has 328 valence electrons. The van der Waals surface area contributed by atoms with Crippen molar-refractivity contribution in [1.29, 1.82) is 0 Å². The Morgan fingerprint density at radius 2 is 1.19 bits per heavy atom. The van der Waals surface area contributed by atoms with Crippen molar-refractivity contribution in [3.8, 4) is 17.2 Å². The molecule has 26 nitrogen and oxygen atoms in total. The largest absolute Gasteiger partial charge is 1.00 e. The molecular formula is C28H25N5Na4O21S6. The van der Waals surface area contributed by atoms with Gasteiger partial charge >= 0.3 is 118 Å². The number of ether oxygens (including phenoxy) is 2. The number of anilines is 1. The number of sulfone groups is 2. The molecule has 4 rings (SSSR count). The van der Waals surface area contributed by atoms with Gasteiger partial charge in [0.1, 0.15) is 44.4 Å². The SMILES string of the molecule is COc1ccc(S(=O)(=O)CCOS(=O)(=O)[O-])cc1N=Nc1c(S(=O)(=O)[O-])cc2cc(SOO[O-])c(N=Nc3cc(S(=O)(=O)CCOSOO[O-])ccc3OC)c(O)c2c1N.[Na+].[Na+].[Na+].[Na+]. The molecule has 0 radical (unpaired) electrons. The summed E-state index contributed by atoms with van der Waals surface area (Å²) in [6.07, 6.45) is 0. The van der Waals surface area contributed by atoms with Gasteiger partial charge in [-0.15, -0.1) is 24.8 Å². The zero-order valence-corrected chi connectivity index (χ0v) is 46.8. The maximum Gasteiger partial charge on any atom is 1.00 e. The predicted octanol–water partition coefficient (Wildman–Crippen LogP) is -10.0. The van der Waals surface area contributed by atoms with E-state index in [9.17, 15) is 58.4 Å². The van der Waals surface area contributed by atoms with E-state index in [2.05, 4.69) is 43.4 Å². The number of methoxy groups -OCH3 is 2. The Morgan fingerprint density at radius 3 is 1.66 bits per heavy atom. The van der Waals surface area contributed by atoms with Crippen LogP contribution in [0.25, 0.3) is 10.8 Å². The van der Waals surface area contributed by atoms with Crippen molar-refractivity contribution in [2.75, 3.05) is 44.7 Å². The number of nitrogen functional groups attached to an aromatic ring is 1. The van der Waals surface area contributed by atoms with Crippen LogP contribution in [0.4, 0.5) is 28.4 Å². The Hall–Kier alpha value is -0.360. The summed E-state index contributed by atoms with van der Waals surface area (Å²) in [5.41, 5.74) is 3.48. The van der Waals surface area contributed by atoms with E-state index in [1.807, 2.05) is 0 Å². The van der Waals surface area contributed by atoms with Gasteiger partial charge in [-0.2, -0.15) is 4.33 Å². The van der Waals surface area contributed by atoms with Gasteiger partial charge in [-0.1, -0.05) is 0 Å². The molecule has 0 aliphatic carbocycles. The molecule has 36 heteroatoms. The number of nitrogens with zero attached hydrogens (tertiary/aromatic N) is 4. The van der Waals surface area contributed by atoms with E-state index in [1.54, 1.807) is 0 Å². The summed E-state index contributed by atoms with van der Waals surface area (Å²) in [6, 6.07) is 8.14. The molecule has 0 saturated carbocycles. The fourth-order valence-electron chi connectivity index (χ4n) is 4.80. The van der Waals surface area contributed by atoms with Crippen molar-refractivity contribution in [3.05, 3.63) is 48.5 Å². The molecule has 0 atom stereocenters. The molecule has 0 spiro atoms. The molecule has 0 saturated heterocycles. The predicted molar refractivity (Wildman–Crippen MR) is 196 cm³/mol. The van der Waals surface area contributed by atoms with Crippen LogP contribution in [-0.4, -0.2) is 86.8 Å². The average Bonchev–Trinajstić information content (AvgIpc) is 3.17. The molecule has 0 aliphatic heterocycles. The first kappa shape index (κ1) is 63.6. The van der Waals surface area contributed by atoms with Gasteiger partial charge in [0.15, 0.2) is 37.7 Å². The van der Waals surface area contributed by atoms with Crippen molar-refractivity contribution in [2.24, 2.45) is 20.5 Å². The number of azo groups is 2. The first-order chi connectivity index (χ1) is 28.2. The third kappa shape index (κ3) is 17.6. The molecule has 0 aliphatic rings. The van der Waals surface area contributed by atoms with Crippen LogP contribution in [0.2, 0.25) is 0 Å². The van der Waals surface area contributed by atoms with Crippen LogP contribution in [0.1, 0.15) is 0 Å². The van der Waals surface area contributed by atoms with Crippen LogP contribution in [0.3, 0.4) is 0 Å². The van der Waals surface area contributed by atoms with Gasteiger partial charge in [-0.05, 0) is 53.9 Å². The number of aromatic hydroxyl groups is 1. The van der Waals surface area contributed by atoms with E-state index < -0.39 is 109 Å². The topological polar surface area (TPSA) is 398 Å². The van der Waals surface area contributed by atoms with Crippen LogP contribution in [-0.2, 0) is 67.3 Å². The van der Waals surface area contributed by atoms with Gasteiger partial charge in [-0.25, -0.2) is 33.7 Å². The maximum absolute atomic E-state index is 12.9. The van der Waals surface area contributed by atoms with Crippen LogP contribution < -0.4 is 144 Å². The van der Waals surface area contributed by atoms with Crippen LogP contribution in [0, 0.1) is 0 Å². The van der Waals surface area contributed by atoms with Gasteiger partial charge < -0.3 is 39.9 Å². The third-order valence-electron chi connectivity index (χ3n) is 7.39. The van der Waals surface area contributed by atoms with Gasteiger partial charge in [0.25, 0.3) is 0 Å². The summed E-state index contributed by atoms with van der Waals surface area (Å²) in [4.78, 5) is -2.26. The summed E-state index contributed by atoms with van der Waals surface area (Å²) in [5, 5.41) is 53.4. The number of phenolic OH excluding ortho intramolecular Hbond substituents is 1. The molecular weight excluding hydrogens is 1030 g/mol. The molecule has 0 bridgehead atoms. The molecule has 4 aromatic carbocycles. The monoisotopic (exact) mass is 1050 g/mol. The normalized spacial score (nSPS) is 12.0. The zero-order valence-electron chi connectivity index (χ0n) is 33.9. The Kier molecular flexibility index (Phi) is 28.2. The average molecular weight is 1050 g/mol. The summed E-state index contributed by atoms with van der Waals surface area (Å²) >= 11 is 0.222. The van der Waals surface area contributed by atoms with Gasteiger partial charge in [0.2, 0.25) is 10.4 Å². The van der Waals surface area contributed by atoms with Crippen LogP contribution >= 0.6 is 24.4 Å². The molecule has 0 aromatic heterocycles. The first-order valence-corrected chi connectivity index (χ1v) is 22.8. The van der Waals surface area contributed by atoms with Crippen LogP contribution in [0.15, 0.2) is 88.6 Å². The summed E-state index contributed by atoms with van der Waals surface area (Å²) in [7, 11) is -16.8. The zero-order chi connectivity index (χ0) is 44.5. The van der Waals surface area contributed by atoms with Gasteiger partial charge in [0.05, 0.1) is 81.6 Å². The number of phenols is 1. The minimum absolute atomic E-state index is 0. The van der Waals surface area contributed by atoms with Crippen molar-refractivity contribution < 1.29 is 213 Å². The van der Waals surface area contributed by atoms with E-state index in [-0.39, 0.29) is 175 Å². The van der Waals surface area contributed by atoms with Crippen LogP contribution in [0.5, 0.6) is 17.2 Å². The van der Waals surface area contributed by atoms with Gasteiger partial charge in [0, 0.05) is 0 Å². The quantitative estimate of drug-likeness (QED) is 0.00849. The van der Waals surface area contributed by atoms with Crippen molar-refractivity contribution in [3.63, 3.8) is 0 Å². The van der Waals surface area contributed by atoms with E-state index in [0.717, 1.165) is 43.5 Å². The molecule has 64 heavy (non-hydrogen) atoms. The summed E-state index contributed by atoms with van der Waals surface area (Å²) in [5.74, 6) is -2.71. The van der Waals surface area contributed by atoms with E-state index >= 15 is 0 Å². The minimum Gasteiger partial charge on any atom is -0.744 e.